The van der Waals surface area contributed by atoms with Gasteiger partial charge in [-0.25, -0.2) is 9.97 Å². The molecule has 3 aromatic rings. The lowest BCUT2D eigenvalue weighted by molar-refractivity contribution is 0.274. The van der Waals surface area contributed by atoms with Crippen molar-refractivity contribution in [3.8, 4) is 0 Å². The van der Waals surface area contributed by atoms with Gasteiger partial charge in [-0.2, -0.15) is 0 Å². The van der Waals surface area contributed by atoms with Gasteiger partial charge in [0.25, 0.3) is 0 Å². The third-order valence-electron chi connectivity index (χ3n) is 4.25. The van der Waals surface area contributed by atoms with Gasteiger partial charge in [-0.05, 0) is 38.3 Å². The van der Waals surface area contributed by atoms with Gasteiger partial charge in [-0.15, -0.1) is 0 Å². The Hall–Kier alpha value is -2.24. The van der Waals surface area contributed by atoms with Crippen LogP contribution in [0, 0.1) is 13.8 Å². The summed E-state index contributed by atoms with van der Waals surface area (Å²) in [5.74, 6) is 0.746. The summed E-state index contributed by atoms with van der Waals surface area (Å²) >= 11 is 0. The molecule has 2 aromatic heterocycles. The molecule has 126 valence electrons. The zero-order chi connectivity index (χ0) is 16.9. The number of rotatable bonds is 7. The fourth-order valence-electron chi connectivity index (χ4n) is 3.12. The van der Waals surface area contributed by atoms with Crippen LogP contribution in [0.5, 0.6) is 0 Å². The van der Waals surface area contributed by atoms with Crippen LogP contribution in [-0.4, -0.2) is 26.1 Å². The van der Waals surface area contributed by atoms with Gasteiger partial charge in [0.2, 0.25) is 5.78 Å². The molecule has 0 amide bonds. The van der Waals surface area contributed by atoms with Gasteiger partial charge in [0, 0.05) is 30.6 Å². The Labute approximate surface area is 142 Å². The van der Waals surface area contributed by atoms with E-state index in [4.69, 9.17) is 5.11 Å². The number of fused-ring (bicyclic) bond motifs is 1. The second kappa shape index (κ2) is 7.55. The van der Waals surface area contributed by atoms with Crippen LogP contribution in [0.15, 0.2) is 42.6 Å². The Morgan fingerprint density at radius 3 is 2.75 bits per heavy atom. The molecule has 0 saturated carbocycles. The number of hydrogen-bond donors (Lipinski definition) is 2. The van der Waals surface area contributed by atoms with E-state index in [0.29, 0.717) is 6.54 Å². The second-order valence-corrected chi connectivity index (χ2v) is 6.13. The van der Waals surface area contributed by atoms with E-state index in [1.807, 2.05) is 31.3 Å². The number of aliphatic hydroxyl groups is 1. The summed E-state index contributed by atoms with van der Waals surface area (Å²) in [5.41, 5.74) is 4.46. The third kappa shape index (κ3) is 3.63. The molecule has 0 radical (unpaired) electrons. The molecule has 0 spiro atoms. The van der Waals surface area contributed by atoms with Gasteiger partial charge in [-0.1, -0.05) is 30.3 Å². The Kier molecular flexibility index (Phi) is 5.23. The molecule has 5 nitrogen and oxygen atoms in total. The monoisotopic (exact) mass is 324 g/mol. The van der Waals surface area contributed by atoms with Gasteiger partial charge in [-0.3, -0.25) is 4.40 Å². The molecule has 0 fully saturated rings. The van der Waals surface area contributed by atoms with Crippen LogP contribution in [0.3, 0.4) is 0 Å². The first-order chi connectivity index (χ1) is 11.7. The highest BCUT2D eigenvalue weighted by Gasteiger charge is 2.13. The maximum atomic E-state index is 9.17. The molecule has 1 atom stereocenters. The maximum absolute atomic E-state index is 9.17. The minimum Gasteiger partial charge on any atom is -0.396 e. The van der Waals surface area contributed by atoms with Gasteiger partial charge in [0.15, 0.2) is 0 Å². The van der Waals surface area contributed by atoms with Crippen molar-refractivity contribution in [2.24, 2.45) is 0 Å². The molecule has 0 aliphatic heterocycles. The van der Waals surface area contributed by atoms with Crippen LogP contribution in [-0.2, 0) is 6.54 Å². The largest absolute Gasteiger partial charge is 0.396 e. The van der Waals surface area contributed by atoms with E-state index >= 15 is 0 Å². The van der Waals surface area contributed by atoms with E-state index in [2.05, 4.69) is 44.8 Å². The SMILES string of the molecule is Cc1cc(C)n2c(CNC(CCCO)c3ccccc3)cnc2n1. The zero-order valence-corrected chi connectivity index (χ0v) is 14.2. The topological polar surface area (TPSA) is 62.5 Å². The highest BCUT2D eigenvalue weighted by atomic mass is 16.2. The maximum Gasteiger partial charge on any atom is 0.234 e. The molecule has 0 saturated heterocycles. The summed E-state index contributed by atoms with van der Waals surface area (Å²) in [7, 11) is 0. The van der Waals surface area contributed by atoms with E-state index in [1.54, 1.807) is 0 Å². The molecule has 1 aromatic carbocycles. The van der Waals surface area contributed by atoms with Crippen molar-refractivity contribution in [3.63, 3.8) is 0 Å². The summed E-state index contributed by atoms with van der Waals surface area (Å²) in [6, 6.07) is 12.6. The predicted octanol–water partition coefficient (Wildman–Crippen LogP) is 2.95. The smallest absolute Gasteiger partial charge is 0.234 e. The Morgan fingerprint density at radius 1 is 1.21 bits per heavy atom. The number of imidazole rings is 1. The van der Waals surface area contributed by atoms with Crippen molar-refractivity contribution >= 4 is 5.78 Å². The summed E-state index contributed by atoms with van der Waals surface area (Å²) in [4.78, 5) is 8.91. The first kappa shape index (κ1) is 16.6. The van der Waals surface area contributed by atoms with Crippen LogP contribution in [0.4, 0.5) is 0 Å². The number of hydrogen-bond acceptors (Lipinski definition) is 4. The van der Waals surface area contributed by atoms with Crippen LogP contribution in [0.25, 0.3) is 5.78 Å². The fourth-order valence-corrected chi connectivity index (χ4v) is 3.12. The summed E-state index contributed by atoms with van der Waals surface area (Å²) < 4.78 is 2.09. The number of nitrogens with one attached hydrogen (secondary N) is 1. The third-order valence-corrected chi connectivity index (χ3v) is 4.25. The number of aliphatic hydroxyl groups excluding tert-OH is 1. The lowest BCUT2D eigenvalue weighted by Gasteiger charge is -2.19. The highest BCUT2D eigenvalue weighted by Crippen LogP contribution is 2.19. The molecule has 3 rings (SSSR count). The van der Waals surface area contributed by atoms with Crippen molar-refractivity contribution in [1.82, 2.24) is 19.7 Å². The summed E-state index contributed by atoms with van der Waals surface area (Å²) in [6.45, 7) is 4.98. The van der Waals surface area contributed by atoms with Crippen molar-refractivity contribution in [3.05, 3.63) is 65.2 Å². The number of nitrogens with zero attached hydrogens (tertiary/aromatic N) is 3. The Bertz CT molecular complexity index is 798. The van der Waals surface area contributed by atoms with Crippen LogP contribution < -0.4 is 5.32 Å². The molecular weight excluding hydrogens is 300 g/mol. The van der Waals surface area contributed by atoms with Crippen LogP contribution >= 0.6 is 0 Å². The van der Waals surface area contributed by atoms with E-state index in [1.165, 1.54) is 5.56 Å². The molecule has 0 aliphatic carbocycles. The standard InChI is InChI=1S/C19H24N4O/c1-14-11-15(2)23-17(13-21-19(23)22-14)12-20-18(9-6-10-24)16-7-4-3-5-8-16/h3-5,7-8,11,13,18,20,24H,6,9-10,12H2,1-2H3. The zero-order valence-electron chi connectivity index (χ0n) is 14.2. The van der Waals surface area contributed by atoms with E-state index < -0.39 is 0 Å². The first-order valence-corrected chi connectivity index (χ1v) is 8.39. The first-order valence-electron chi connectivity index (χ1n) is 8.39. The summed E-state index contributed by atoms with van der Waals surface area (Å²) in [5, 5.41) is 12.8. The van der Waals surface area contributed by atoms with Crippen molar-refractivity contribution in [1.29, 1.82) is 0 Å². The van der Waals surface area contributed by atoms with Crippen molar-refractivity contribution in [2.45, 2.75) is 39.3 Å². The van der Waals surface area contributed by atoms with E-state index in [-0.39, 0.29) is 12.6 Å². The molecule has 2 heterocycles. The van der Waals surface area contributed by atoms with Crippen molar-refractivity contribution in [2.75, 3.05) is 6.61 Å². The molecule has 0 aliphatic rings. The highest BCUT2D eigenvalue weighted by molar-refractivity contribution is 5.35. The predicted molar refractivity (Wildman–Crippen MR) is 94.8 cm³/mol. The van der Waals surface area contributed by atoms with Gasteiger partial charge >= 0.3 is 0 Å². The molecule has 2 N–H and O–H groups in total. The van der Waals surface area contributed by atoms with Gasteiger partial charge in [0.05, 0.1) is 11.9 Å². The quantitative estimate of drug-likeness (QED) is 0.701. The molecular formula is C19H24N4O. The average Bonchev–Trinajstić information content (AvgIpc) is 2.99. The van der Waals surface area contributed by atoms with Crippen LogP contribution in [0.1, 0.15) is 41.5 Å². The minimum atomic E-state index is 0.211. The van der Waals surface area contributed by atoms with Crippen molar-refractivity contribution < 1.29 is 5.11 Å². The summed E-state index contributed by atoms with van der Waals surface area (Å²) in [6.07, 6.45) is 3.56. The molecule has 1 unspecified atom stereocenters. The number of benzene rings is 1. The number of aromatic nitrogens is 3. The Morgan fingerprint density at radius 2 is 2.00 bits per heavy atom. The van der Waals surface area contributed by atoms with E-state index in [0.717, 1.165) is 35.7 Å². The minimum absolute atomic E-state index is 0.211. The van der Waals surface area contributed by atoms with Gasteiger partial charge in [0.1, 0.15) is 0 Å². The normalized spacial score (nSPS) is 12.6. The van der Waals surface area contributed by atoms with Crippen LogP contribution in [0.2, 0.25) is 0 Å². The molecule has 0 bridgehead atoms. The second-order valence-electron chi connectivity index (χ2n) is 6.13. The average molecular weight is 324 g/mol. The lowest BCUT2D eigenvalue weighted by atomic mass is 10.0. The molecule has 24 heavy (non-hydrogen) atoms. The lowest BCUT2D eigenvalue weighted by Crippen LogP contribution is -2.22. The fraction of sp³-hybridized carbons (Fsp3) is 0.368. The Balaban J connectivity index is 1.79. The van der Waals surface area contributed by atoms with Gasteiger partial charge < -0.3 is 10.4 Å². The van der Waals surface area contributed by atoms with E-state index in [9.17, 15) is 0 Å². The number of aryl methyl sites for hydroxylation is 2. The molecule has 5 heteroatoms.